The number of hydrogen-bond donors (Lipinski definition) is 0. The number of esters is 3. The number of carbonyl (C=O) groups excluding carboxylic acids is 3. The van der Waals surface area contributed by atoms with Crippen LogP contribution < -0.4 is 0 Å². The second-order valence-corrected chi connectivity index (χ2v) is 17.1. The van der Waals surface area contributed by atoms with Gasteiger partial charge >= 0.3 is 17.9 Å². The minimum absolute atomic E-state index is 0.0807. The maximum atomic E-state index is 12.8. The summed E-state index contributed by atoms with van der Waals surface area (Å²) >= 11 is 0. The number of ether oxygens (including phenoxy) is 3. The van der Waals surface area contributed by atoms with Crippen LogP contribution in [-0.4, -0.2) is 37.2 Å². The van der Waals surface area contributed by atoms with Gasteiger partial charge in [-0.2, -0.15) is 0 Å². The van der Waals surface area contributed by atoms with Crippen molar-refractivity contribution >= 4 is 17.9 Å². The van der Waals surface area contributed by atoms with Crippen LogP contribution in [-0.2, 0) is 28.6 Å². The number of allylic oxidation sites excluding steroid dienone is 8. The summed E-state index contributed by atoms with van der Waals surface area (Å²) in [6.07, 6.45) is 58.0. The molecule has 0 aliphatic rings. The third-order valence-corrected chi connectivity index (χ3v) is 11.1. The van der Waals surface area contributed by atoms with Gasteiger partial charge in [0, 0.05) is 19.3 Å². The second kappa shape index (κ2) is 49.0. The van der Waals surface area contributed by atoms with E-state index in [4.69, 9.17) is 14.2 Å². The van der Waals surface area contributed by atoms with Crippen molar-refractivity contribution in [1.29, 1.82) is 0 Å². The Morgan fingerprint density at radius 3 is 1.07 bits per heavy atom. The Bertz CT molecular complexity index is 1060. The van der Waals surface area contributed by atoms with E-state index in [1.54, 1.807) is 0 Å². The Morgan fingerprint density at radius 2 is 0.667 bits per heavy atom. The minimum atomic E-state index is -0.782. The molecule has 0 aliphatic carbocycles. The number of carbonyl (C=O) groups is 3. The van der Waals surface area contributed by atoms with E-state index in [1.165, 1.54) is 135 Å². The molecule has 0 saturated heterocycles. The predicted octanol–water partition coefficient (Wildman–Crippen LogP) is 16.7. The molecule has 0 heterocycles. The summed E-state index contributed by atoms with van der Waals surface area (Å²) in [5.41, 5.74) is 0. The highest BCUT2D eigenvalue weighted by molar-refractivity contribution is 5.71. The molecular formula is C54H96O6. The summed E-state index contributed by atoms with van der Waals surface area (Å²) in [7, 11) is 0. The summed E-state index contributed by atoms with van der Waals surface area (Å²) < 4.78 is 16.8. The minimum Gasteiger partial charge on any atom is -0.462 e. The highest BCUT2D eigenvalue weighted by Gasteiger charge is 2.19. The van der Waals surface area contributed by atoms with Crippen molar-refractivity contribution < 1.29 is 28.6 Å². The monoisotopic (exact) mass is 841 g/mol. The Kier molecular flexibility index (Phi) is 46.9. The van der Waals surface area contributed by atoms with Gasteiger partial charge in [-0.3, -0.25) is 14.4 Å². The third-order valence-electron chi connectivity index (χ3n) is 11.1. The van der Waals surface area contributed by atoms with Crippen LogP contribution >= 0.6 is 0 Å². The molecule has 0 amide bonds. The molecule has 6 nitrogen and oxygen atoms in total. The predicted molar refractivity (Wildman–Crippen MR) is 256 cm³/mol. The Labute approximate surface area is 371 Å². The Morgan fingerprint density at radius 1 is 0.350 bits per heavy atom. The van der Waals surface area contributed by atoms with Crippen molar-refractivity contribution in [2.45, 2.75) is 264 Å². The van der Waals surface area contributed by atoms with Gasteiger partial charge in [0.1, 0.15) is 13.2 Å². The number of unbranched alkanes of at least 4 members (excludes halogenated alkanes) is 29. The van der Waals surface area contributed by atoms with Gasteiger partial charge in [0.05, 0.1) is 0 Å². The zero-order valence-electron chi connectivity index (χ0n) is 39.7. The smallest absolute Gasteiger partial charge is 0.306 e. The van der Waals surface area contributed by atoms with Crippen LogP contribution in [0.4, 0.5) is 0 Å². The molecule has 0 aliphatic heterocycles. The van der Waals surface area contributed by atoms with Crippen LogP contribution in [0.5, 0.6) is 0 Å². The fraction of sp³-hybridized carbons (Fsp3) is 0.796. The first-order valence-corrected chi connectivity index (χ1v) is 25.7. The van der Waals surface area contributed by atoms with Gasteiger partial charge in [-0.25, -0.2) is 0 Å². The molecule has 0 aromatic rings. The lowest BCUT2D eigenvalue weighted by Gasteiger charge is -2.18. The molecule has 348 valence electrons. The molecule has 0 rings (SSSR count). The first kappa shape index (κ1) is 57.4. The fourth-order valence-electron chi connectivity index (χ4n) is 7.26. The molecule has 0 N–H and O–H groups in total. The molecular weight excluding hydrogens is 745 g/mol. The zero-order valence-corrected chi connectivity index (χ0v) is 39.7. The average molecular weight is 841 g/mol. The van der Waals surface area contributed by atoms with Gasteiger partial charge in [-0.1, -0.05) is 223 Å². The van der Waals surface area contributed by atoms with E-state index in [0.29, 0.717) is 19.3 Å². The van der Waals surface area contributed by atoms with E-state index >= 15 is 0 Å². The Balaban J connectivity index is 4.40. The second-order valence-electron chi connectivity index (χ2n) is 17.1. The highest BCUT2D eigenvalue weighted by Crippen LogP contribution is 2.15. The van der Waals surface area contributed by atoms with Crippen molar-refractivity contribution in [3.63, 3.8) is 0 Å². The van der Waals surface area contributed by atoms with E-state index in [0.717, 1.165) is 83.5 Å². The van der Waals surface area contributed by atoms with Crippen molar-refractivity contribution in [3.8, 4) is 0 Å². The van der Waals surface area contributed by atoms with Crippen LogP contribution in [0.25, 0.3) is 0 Å². The van der Waals surface area contributed by atoms with Gasteiger partial charge in [0.25, 0.3) is 0 Å². The maximum absolute atomic E-state index is 12.8. The molecule has 0 fully saturated rings. The van der Waals surface area contributed by atoms with Crippen LogP contribution in [0.1, 0.15) is 258 Å². The molecule has 0 aromatic heterocycles. The molecule has 1 atom stereocenters. The normalized spacial score (nSPS) is 12.4. The molecule has 0 radical (unpaired) electrons. The maximum Gasteiger partial charge on any atom is 0.306 e. The summed E-state index contributed by atoms with van der Waals surface area (Å²) in [5.74, 6) is -0.902. The van der Waals surface area contributed by atoms with E-state index in [9.17, 15) is 14.4 Å². The van der Waals surface area contributed by atoms with Crippen molar-refractivity contribution in [2.24, 2.45) is 0 Å². The third kappa shape index (κ3) is 46.4. The number of rotatable bonds is 46. The molecule has 1 unspecified atom stereocenters. The van der Waals surface area contributed by atoms with E-state index in [2.05, 4.69) is 69.4 Å². The Hall–Kier alpha value is -2.63. The fourth-order valence-corrected chi connectivity index (χ4v) is 7.26. The quantitative estimate of drug-likeness (QED) is 0.0200. The van der Waals surface area contributed by atoms with Gasteiger partial charge in [0.2, 0.25) is 0 Å². The van der Waals surface area contributed by atoms with Gasteiger partial charge in [-0.15, -0.1) is 0 Å². The van der Waals surface area contributed by atoms with E-state index in [1.807, 2.05) is 0 Å². The summed E-state index contributed by atoms with van der Waals surface area (Å²) in [4.78, 5) is 37.9. The van der Waals surface area contributed by atoms with Crippen molar-refractivity contribution in [1.82, 2.24) is 0 Å². The summed E-state index contributed by atoms with van der Waals surface area (Å²) in [6.45, 7) is 6.49. The summed E-state index contributed by atoms with van der Waals surface area (Å²) in [5, 5.41) is 0. The number of hydrogen-bond acceptors (Lipinski definition) is 6. The largest absolute Gasteiger partial charge is 0.462 e. The first-order valence-electron chi connectivity index (χ1n) is 25.7. The molecule has 6 heteroatoms. The molecule has 0 aromatic carbocycles. The highest BCUT2D eigenvalue weighted by atomic mass is 16.6. The first-order chi connectivity index (χ1) is 29.5. The zero-order chi connectivity index (χ0) is 43.7. The van der Waals surface area contributed by atoms with Gasteiger partial charge in [-0.05, 0) is 64.2 Å². The van der Waals surface area contributed by atoms with Gasteiger partial charge in [0.15, 0.2) is 6.10 Å². The molecule has 0 saturated carbocycles. The standard InChI is InChI=1S/C54H96O6/c1-4-7-10-13-16-19-22-25-27-30-32-35-38-41-44-47-53(56)59-50-51(49-58-52(55)46-43-40-37-34-31-28-24-21-18-15-12-9-6-3)60-54(57)48-45-42-39-36-33-29-26-23-20-17-14-11-8-5-2/h7,10,13,16,19,22,29,33,51H,4-6,8-9,11-12,14-15,17-18,20-21,23-28,30-32,34-50H2,1-3H3/b10-7-,16-13-,22-19-,33-29-. The molecule has 0 spiro atoms. The van der Waals surface area contributed by atoms with Crippen LogP contribution in [0.3, 0.4) is 0 Å². The van der Waals surface area contributed by atoms with Crippen molar-refractivity contribution in [3.05, 3.63) is 48.6 Å². The van der Waals surface area contributed by atoms with E-state index < -0.39 is 6.10 Å². The lowest BCUT2D eigenvalue weighted by molar-refractivity contribution is -0.167. The van der Waals surface area contributed by atoms with Crippen LogP contribution in [0.15, 0.2) is 48.6 Å². The lowest BCUT2D eigenvalue weighted by atomic mass is 10.0. The summed E-state index contributed by atoms with van der Waals surface area (Å²) in [6, 6.07) is 0. The van der Waals surface area contributed by atoms with E-state index in [-0.39, 0.29) is 31.1 Å². The topological polar surface area (TPSA) is 78.9 Å². The van der Waals surface area contributed by atoms with Crippen LogP contribution in [0.2, 0.25) is 0 Å². The molecule has 0 bridgehead atoms. The average Bonchev–Trinajstić information content (AvgIpc) is 3.24. The van der Waals surface area contributed by atoms with Crippen LogP contribution in [0, 0.1) is 0 Å². The lowest BCUT2D eigenvalue weighted by Crippen LogP contribution is -2.30. The van der Waals surface area contributed by atoms with Gasteiger partial charge < -0.3 is 14.2 Å². The van der Waals surface area contributed by atoms with Crippen molar-refractivity contribution in [2.75, 3.05) is 13.2 Å². The molecule has 60 heavy (non-hydrogen) atoms. The SMILES string of the molecule is CC\C=C/C=C\C=C/CCCCCCCCCC(=O)OCC(COC(=O)CCCCCCCCCCCCCCC)OC(=O)CCCCC/C=C\CCCCCCCCC.